The SMILES string of the molecule is Cc1cc(-n2c(-c3ccc(S)c(F)c3)csc2=O)ccc1OC(F)(F)F. The lowest BCUT2D eigenvalue weighted by Gasteiger charge is -2.14. The Morgan fingerprint density at radius 3 is 2.50 bits per heavy atom. The molecule has 0 spiro atoms. The number of aryl methyl sites for hydroxylation is 1. The van der Waals surface area contributed by atoms with Crippen LogP contribution in [0, 0.1) is 12.7 Å². The normalized spacial score (nSPS) is 11.6. The van der Waals surface area contributed by atoms with Crippen LogP contribution in [0.25, 0.3) is 16.9 Å². The van der Waals surface area contributed by atoms with E-state index in [1.165, 1.54) is 35.8 Å². The van der Waals surface area contributed by atoms with Gasteiger partial charge >= 0.3 is 11.2 Å². The van der Waals surface area contributed by atoms with Crippen LogP contribution in [-0.2, 0) is 0 Å². The van der Waals surface area contributed by atoms with E-state index < -0.39 is 12.2 Å². The van der Waals surface area contributed by atoms with Gasteiger partial charge in [0.2, 0.25) is 0 Å². The second-order valence-corrected chi connectivity index (χ2v) is 6.69. The molecule has 9 heteroatoms. The molecule has 3 nitrogen and oxygen atoms in total. The molecule has 0 bridgehead atoms. The van der Waals surface area contributed by atoms with Gasteiger partial charge in [-0.2, -0.15) is 0 Å². The summed E-state index contributed by atoms with van der Waals surface area (Å²) in [6.07, 6.45) is -4.80. The maximum atomic E-state index is 13.8. The number of thiol groups is 1. The summed E-state index contributed by atoms with van der Waals surface area (Å²) < 4.78 is 56.2. The van der Waals surface area contributed by atoms with Gasteiger partial charge in [-0.1, -0.05) is 17.4 Å². The van der Waals surface area contributed by atoms with E-state index in [0.29, 0.717) is 16.9 Å². The van der Waals surface area contributed by atoms with E-state index in [9.17, 15) is 22.4 Å². The molecule has 0 aliphatic heterocycles. The Morgan fingerprint density at radius 2 is 1.88 bits per heavy atom. The van der Waals surface area contributed by atoms with Crippen LogP contribution in [0.5, 0.6) is 5.75 Å². The van der Waals surface area contributed by atoms with Crippen molar-refractivity contribution in [1.82, 2.24) is 4.57 Å². The number of nitrogens with zero attached hydrogens (tertiary/aromatic N) is 1. The van der Waals surface area contributed by atoms with Crippen LogP contribution in [0.4, 0.5) is 17.6 Å². The monoisotopic (exact) mass is 401 g/mol. The topological polar surface area (TPSA) is 31.2 Å². The molecule has 1 heterocycles. The Hall–Kier alpha value is -2.26. The summed E-state index contributed by atoms with van der Waals surface area (Å²) in [5.41, 5.74) is 1.44. The average Bonchev–Trinajstić information content (AvgIpc) is 2.92. The van der Waals surface area contributed by atoms with E-state index >= 15 is 0 Å². The van der Waals surface area contributed by atoms with Crippen LogP contribution >= 0.6 is 24.0 Å². The summed E-state index contributed by atoms with van der Waals surface area (Å²) >= 11 is 4.88. The van der Waals surface area contributed by atoms with Gasteiger partial charge in [-0.05, 0) is 42.8 Å². The molecule has 0 N–H and O–H groups in total. The average molecular weight is 401 g/mol. The molecule has 1 aromatic heterocycles. The molecule has 136 valence electrons. The summed E-state index contributed by atoms with van der Waals surface area (Å²) in [6, 6.07) is 8.21. The van der Waals surface area contributed by atoms with Crippen LogP contribution < -0.4 is 9.61 Å². The van der Waals surface area contributed by atoms with Crippen molar-refractivity contribution in [3.05, 3.63) is 62.8 Å². The number of hydrogen-bond donors (Lipinski definition) is 1. The highest BCUT2D eigenvalue weighted by molar-refractivity contribution is 7.80. The molecule has 3 aromatic rings. The van der Waals surface area contributed by atoms with Crippen molar-refractivity contribution in [1.29, 1.82) is 0 Å². The van der Waals surface area contributed by atoms with E-state index in [0.717, 1.165) is 17.4 Å². The third kappa shape index (κ3) is 3.78. The first-order valence-corrected chi connectivity index (χ1v) is 8.54. The zero-order chi connectivity index (χ0) is 19.1. The molecule has 0 saturated carbocycles. The second-order valence-electron chi connectivity index (χ2n) is 5.39. The Balaban J connectivity index is 2.08. The minimum atomic E-state index is -4.80. The van der Waals surface area contributed by atoms with Crippen molar-refractivity contribution in [2.45, 2.75) is 18.2 Å². The summed E-state index contributed by atoms with van der Waals surface area (Å²) in [5, 5.41) is 1.56. The number of hydrogen-bond acceptors (Lipinski definition) is 4. The smallest absolute Gasteiger partial charge is 0.406 e. The molecule has 0 fully saturated rings. The van der Waals surface area contributed by atoms with Crippen LogP contribution in [0.15, 0.2) is 51.5 Å². The van der Waals surface area contributed by atoms with Crippen LogP contribution in [0.3, 0.4) is 0 Å². The van der Waals surface area contributed by atoms with Gasteiger partial charge in [0.05, 0.1) is 11.4 Å². The third-order valence-electron chi connectivity index (χ3n) is 3.58. The summed E-state index contributed by atoms with van der Waals surface area (Å²) in [4.78, 5) is 12.1. The summed E-state index contributed by atoms with van der Waals surface area (Å²) in [7, 11) is 0. The number of benzene rings is 2. The van der Waals surface area contributed by atoms with Crippen molar-refractivity contribution >= 4 is 24.0 Å². The first kappa shape index (κ1) is 18.5. The fourth-order valence-corrected chi connectivity index (χ4v) is 3.33. The summed E-state index contributed by atoms with van der Waals surface area (Å²) in [5.74, 6) is -0.891. The van der Waals surface area contributed by atoms with Crippen molar-refractivity contribution < 1.29 is 22.3 Å². The highest BCUT2D eigenvalue weighted by Gasteiger charge is 2.31. The van der Waals surface area contributed by atoms with Crippen molar-refractivity contribution in [3.8, 4) is 22.7 Å². The van der Waals surface area contributed by atoms with Gasteiger partial charge in [0.1, 0.15) is 11.6 Å². The molecule has 0 aliphatic rings. The van der Waals surface area contributed by atoms with Gasteiger partial charge in [0, 0.05) is 15.8 Å². The standard InChI is InChI=1S/C17H11F4NO2S2/c1-9-6-11(3-4-14(9)24-17(19,20)21)22-13(8-26-16(22)23)10-2-5-15(25)12(18)7-10/h2-8,25H,1H3. The minimum absolute atomic E-state index is 0.169. The highest BCUT2D eigenvalue weighted by atomic mass is 32.1. The maximum Gasteiger partial charge on any atom is 0.573 e. The van der Waals surface area contributed by atoms with E-state index in [1.54, 1.807) is 11.4 Å². The molecule has 0 atom stereocenters. The predicted molar refractivity (Wildman–Crippen MR) is 94.0 cm³/mol. The van der Waals surface area contributed by atoms with Crippen molar-refractivity contribution in [3.63, 3.8) is 0 Å². The number of rotatable bonds is 3. The molecule has 0 unspecified atom stereocenters. The zero-order valence-electron chi connectivity index (χ0n) is 13.2. The van der Waals surface area contributed by atoms with Gasteiger partial charge in [0.15, 0.2) is 0 Å². The maximum absolute atomic E-state index is 13.8. The van der Waals surface area contributed by atoms with E-state index in [4.69, 9.17) is 0 Å². The quantitative estimate of drug-likeness (QED) is 0.483. The lowest BCUT2D eigenvalue weighted by Crippen LogP contribution is -2.18. The number of aromatic nitrogens is 1. The second kappa shape index (κ2) is 6.81. The molecular formula is C17H11F4NO2S2. The van der Waals surface area contributed by atoms with Crippen molar-refractivity contribution in [2.24, 2.45) is 0 Å². The molecular weight excluding hydrogens is 390 g/mol. The lowest BCUT2D eigenvalue weighted by molar-refractivity contribution is -0.274. The fraction of sp³-hybridized carbons (Fsp3) is 0.118. The van der Waals surface area contributed by atoms with Gasteiger partial charge in [-0.25, -0.2) is 4.39 Å². The van der Waals surface area contributed by atoms with Gasteiger partial charge < -0.3 is 4.74 Å². The third-order valence-corrected chi connectivity index (χ3v) is 4.67. The number of halogens is 4. The van der Waals surface area contributed by atoms with Crippen LogP contribution in [-0.4, -0.2) is 10.9 Å². The highest BCUT2D eigenvalue weighted by Crippen LogP contribution is 2.30. The van der Waals surface area contributed by atoms with Crippen LogP contribution in [0.2, 0.25) is 0 Å². The summed E-state index contributed by atoms with van der Waals surface area (Å²) in [6.45, 7) is 1.44. The van der Waals surface area contributed by atoms with Crippen molar-refractivity contribution in [2.75, 3.05) is 0 Å². The molecule has 26 heavy (non-hydrogen) atoms. The zero-order valence-corrected chi connectivity index (χ0v) is 14.9. The van der Waals surface area contributed by atoms with E-state index in [-0.39, 0.29) is 21.1 Å². The molecule has 0 radical (unpaired) electrons. The fourth-order valence-electron chi connectivity index (χ4n) is 2.43. The predicted octanol–water partition coefficient (Wildman–Crippen LogP) is 5.20. The first-order valence-electron chi connectivity index (χ1n) is 7.22. The van der Waals surface area contributed by atoms with Gasteiger partial charge in [-0.15, -0.1) is 25.8 Å². The lowest BCUT2D eigenvalue weighted by atomic mass is 10.1. The number of ether oxygens (including phenoxy) is 1. The van der Waals surface area contributed by atoms with E-state index in [2.05, 4.69) is 17.4 Å². The van der Waals surface area contributed by atoms with Gasteiger partial charge in [-0.3, -0.25) is 9.36 Å². The molecule has 0 aliphatic carbocycles. The van der Waals surface area contributed by atoms with E-state index in [1.807, 2.05) is 0 Å². The molecule has 0 saturated heterocycles. The molecule has 3 rings (SSSR count). The van der Waals surface area contributed by atoms with Gasteiger partial charge in [0.25, 0.3) is 0 Å². The molecule has 2 aromatic carbocycles. The van der Waals surface area contributed by atoms with Crippen LogP contribution in [0.1, 0.15) is 5.56 Å². The minimum Gasteiger partial charge on any atom is -0.406 e. The number of thiazole rings is 1. The Kier molecular flexibility index (Phi) is 4.85. The number of alkyl halides is 3. The Bertz CT molecular complexity index is 1020. The Morgan fingerprint density at radius 1 is 1.15 bits per heavy atom. The first-order chi connectivity index (χ1) is 12.2. The molecule has 0 amide bonds. The largest absolute Gasteiger partial charge is 0.573 e. The Labute approximate surface area is 154 Å².